The van der Waals surface area contributed by atoms with Crippen LogP contribution in [-0.2, 0) is 17.8 Å². The SMILES string of the molecule is O=C(NCC1CC1)C1CCc2nnc(-c3cnccn3)n2CC1. The topological polar surface area (TPSA) is 85.6 Å². The van der Waals surface area contributed by atoms with Crippen molar-refractivity contribution in [1.82, 2.24) is 30.0 Å². The van der Waals surface area contributed by atoms with Crippen LogP contribution in [-0.4, -0.2) is 37.2 Å². The highest BCUT2D eigenvalue weighted by molar-refractivity contribution is 5.78. The van der Waals surface area contributed by atoms with Crippen molar-refractivity contribution in [3.63, 3.8) is 0 Å². The van der Waals surface area contributed by atoms with Crippen molar-refractivity contribution in [2.75, 3.05) is 6.54 Å². The number of aromatic nitrogens is 5. The highest BCUT2D eigenvalue weighted by Crippen LogP contribution is 2.28. The summed E-state index contributed by atoms with van der Waals surface area (Å²) >= 11 is 0. The van der Waals surface area contributed by atoms with E-state index < -0.39 is 0 Å². The third-order valence-electron chi connectivity index (χ3n) is 4.67. The summed E-state index contributed by atoms with van der Waals surface area (Å²) in [6.45, 7) is 1.59. The quantitative estimate of drug-likeness (QED) is 0.917. The Morgan fingerprint density at radius 1 is 1.22 bits per heavy atom. The molecule has 1 saturated carbocycles. The molecule has 2 aromatic rings. The van der Waals surface area contributed by atoms with Gasteiger partial charge in [0.2, 0.25) is 5.91 Å². The van der Waals surface area contributed by atoms with Crippen LogP contribution in [0.3, 0.4) is 0 Å². The Labute approximate surface area is 134 Å². The summed E-state index contributed by atoms with van der Waals surface area (Å²) in [5.74, 6) is 2.64. The summed E-state index contributed by atoms with van der Waals surface area (Å²) in [4.78, 5) is 20.7. The number of rotatable bonds is 4. The molecule has 0 radical (unpaired) electrons. The molecular weight excluding hydrogens is 292 g/mol. The first-order chi connectivity index (χ1) is 11.3. The minimum Gasteiger partial charge on any atom is -0.356 e. The van der Waals surface area contributed by atoms with Crippen LogP contribution in [0.25, 0.3) is 11.5 Å². The minimum absolute atomic E-state index is 0.0603. The van der Waals surface area contributed by atoms with Gasteiger partial charge in [0, 0.05) is 37.8 Å². The summed E-state index contributed by atoms with van der Waals surface area (Å²) in [6.07, 6.45) is 9.92. The van der Waals surface area contributed by atoms with E-state index in [2.05, 4.69) is 30.0 Å². The van der Waals surface area contributed by atoms with Crippen LogP contribution in [0.2, 0.25) is 0 Å². The lowest BCUT2D eigenvalue weighted by atomic mass is 9.99. The Morgan fingerprint density at radius 3 is 2.91 bits per heavy atom. The van der Waals surface area contributed by atoms with Crippen molar-refractivity contribution in [3.05, 3.63) is 24.4 Å². The molecule has 0 spiro atoms. The van der Waals surface area contributed by atoms with E-state index in [4.69, 9.17) is 0 Å². The minimum atomic E-state index is 0.0603. The highest BCUT2D eigenvalue weighted by Gasteiger charge is 2.27. The zero-order valence-electron chi connectivity index (χ0n) is 13.0. The molecule has 3 heterocycles. The third-order valence-corrected chi connectivity index (χ3v) is 4.67. The van der Waals surface area contributed by atoms with Gasteiger partial charge in [0.1, 0.15) is 11.5 Å². The van der Waals surface area contributed by atoms with Gasteiger partial charge in [-0.3, -0.25) is 9.78 Å². The van der Waals surface area contributed by atoms with Gasteiger partial charge in [-0.15, -0.1) is 10.2 Å². The van der Waals surface area contributed by atoms with Crippen LogP contribution in [0.4, 0.5) is 0 Å². The van der Waals surface area contributed by atoms with Gasteiger partial charge >= 0.3 is 0 Å². The normalized spacial score (nSPS) is 20.6. The molecule has 1 N–H and O–H groups in total. The first-order valence-electron chi connectivity index (χ1n) is 8.27. The largest absolute Gasteiger partial charge is 0.356 e. The van der Waals surface area contributed by atoms with E-state index in [9.17, 15) is 4.79 Å². The average molecular weight is 312 g/mol. The molecule has 4 rings (SSSR count). The maximum atomic E-state index is 12.3. The highest BCUT2D eigenvalue weighted by atomic mass is 16.1. The Balaban J connectivity index is 1.46. The summed E-state index contributed by atoms with van der Waals surface area (Å²) in [6, 6.07) is 0. The van der Waals surface area contributed by atoms with E-state index in [0.29, 0.717) is 5.92 Å². The summed E-state index contributed by atoms with van der Waals surface area (Å²) in [5, 5.41) is 11.6. The Bertz CT molecular complexity index is 694. The van der Waals surface area contributed by atoms with Crippen molar-refractivity contribution in [3.8, 4) is 11.5 Å². The molecule has 23 heavy (non-hydrogen) atoms. The Hall–Kier alpha value is -2.31. The van der Waals surface area contributed by atoms with Crippen LogP contribution >= 0.6 is 0 Å². The number of aryl methyl sites for hydroxylation is 1. The van der Waals surface area contributed by atoms with E-state index in [0.717, 1.165) is 49.7 Å². The van der Waals surface area contributed by atoms with Gasteiger partial charge in [0.15, 0.2) is 5.82 Å². The molecule has 1 amide bonds. The van der Waals surface area contributed by atoms with E-state index in [1.807, 2.05) is 0 Å². The molecule has 1 atom stereocenters. The zero-order chi connectivity index (χ0) is 15.6. The Morgan fingerprint density at radius 2 is 2.13 bits per heavy atom. The predicted octanol–water partition coefficient (Wildman–Crippen LogP) is 1.21. The molecule has 2 aromatic heterocycles. The van der Waals surface area contributed by atoms with Crippen LogP contribution < -0.4 is 5.32 Å². The molecular formula is C16H20N6O. The van der Waals surface area contributed by atoms with Crippen LogP contribution in [0.1, 0.15) is 31.5 Å². The first kappa shape index (κ1) is 14.3. The lowest BCUT2D eigenvalue weighted by molar-refractivity contribution is -0.125. The average Bonchev–Trinajstić information content (AvgIpc) is 3.37. The number of hydrogen-bond acceptors (Lipinski definition) is 5. The molecule has 7 heteroatoms. The molecule has 1 fully saturated rings. The fourth-order valence-electron chi connectivity index (χ4n) is 3.07. The predicted molar refractivity (Wildman–Crippen MR) is 83.2 cm³/mol. The molecule has 0 aromatic carbocycles. The van der Waals surface area contributed by atoms with Crippen LogP contribution in [0.5, 0.6) is 0 Å². The van der Waals surface area contributed by atoms with Crippen molar-refractivity contribution in [2.24, 2.45) is 11.8 Å². The standard InChI is InChI=1S/C16H20N6O/c23-16(19-9-11-1-2-11)12-3-4-14-20-21-15(22(14)8-5-12)13-10-17-6-7-18-13/h6-7,10-12H,1-5,8-9H2,(H,19,23). The van der Waals surface area contributed by atoms with E-state index in [1.165, 1.54) is 12.8 Å². The zero-order valence-corrected chi connectivity index (χ0v) is 13.0. The van der Waals surface area contributed by atoms with Crippen LogP contribution in [0, 0.1) is 11.8 Å². The molecule has 1 aliphatic heterocycles. The molecule has 2 aliphatic rings. The molecule has 7 nitrogen and oxygen atoms in total. The lowest BCUT2D eigenvalue weighted by Gasteiger charge is -2.14. The van der Waals surface area contributed by atoms with Crippen molar-refractivity contribution in [2.45, 2.75) is 38.6 Å². The fourth-order valence-corrected chi connectivity index (χ4v) is 3.07. The van der Waals surface area contributed by atoms with Gasteiger partial charge in [-0.25, -0.2) is 4.98 Å². The second-order valence-corrected chi connectivity index (χ2v) is 6.39. The van der Waals surface area contributed by atoms with E-state index in [-0.39, 0.29) is 11.8 Å². The van der Waals surface area contributed by atoms with Gasteiger partial charge in [-0.05, 0) is 31.6 Å². The second-order valence-electron chi connectivity index (χ2n) is 6.39. The summed E-state index contributed by atoms with van der Waals surface area (Å²) < 4.78 is 2.08. The number of fused-ring (bicyclic) bond motifs is 1. The van der Waals surface area contributed by atoms with Gasteiger partial charge in [0.05, 0.1) is 6.20 Å². The fraction of sp³-hybridized carbons (Fsp3) is 0.562. The number of hydrogen-bond donors (Lipinski definition) is 1. The number of carbonyl (C=O) groups is 1. The van der Waals surface area contributed by atoms with Gasteiger partial charge in [-0.1, -0.05) is 0 Å². The summed E-state index contributed by atoms with van der Waals surface area (Å²) in [5.41, 5.74) is 0.725. The van der Waals surface area contributed by atoms with Crippen LogP contribution in [0.15, 0.2) is 18.6 Å². The Kier molecular flexibility index (Phi) is 3.77. The van der Waals surface area contributed by atoms with Gasteiger partial charge in [-0.2, -0.15) is 0 Å². The molecule has 0 saturated heterocycles. The third kappa shape index (κ3) is 3.09. The maximum absolute atomic E-state index is 12.3. The second kappa shape index (κ2) is 6.06. The van der Waals surface area contributed by atoms with Crippen molar-refractivity contribution >= 4 is 5.91 Å². The van der Waals surface area contributed by atoms with Gasteiger partial charge < -0.3 is 9.88 Å². The smallest absolute Gasteiger partial charge is 0.223 e. The number of nitrogens with zero attached hydrogens (tertiary/aromatic N) is 5. The molecule has 0 bridgehead atoms. The first-order valence-corrected chi connectivity index (χ1v) is 8.27. The molecule has 1 aliphatic carbocycles. The molecule has 120 valence electrons. The number of carbonyl (C=O) groups excluding carboxylic acids is 1. The lowest BCUT2D eigenvalue weighted by Crippen LogP contribution is -2.32. The maximum Gasteiger partial charge on any atom is 0.223 e. The number of amides is 1. The van der Waals surface area contributed by atoms with Gasteiger partial charge in [0.25, 0.3) is 0 Å². The monoisotopic (exact) mass is 312 g/mol. The number of nitrogens with one attached hydrogen (secondary N) is 1. The van der Waals surface area contributed by atoms with Crippen molar-refractivity contribution < 1.29 is 4.79 Å². The van der Waals surface area contributed by atoms with Crippen molar-refractivity contribution in [1.29, 1.82) is 0 Å². The molecule has 1 unspecified atom stereocenters. The summed E-state index contributed by atoms with van der Waals surface area (Å²) in [7, 11) is 0. The van der Waals surface area contributed by atoms with E-state index >= 15 is 0 Å². The van der Waals surface area contributed by atoms with E-state index in [1.54, 1.807) is 18.6 Å².